The Hall–Kier alpha value is -4.55. The third kappa shape index (κ3) is 5.06. The Bertz CT molecular complexity index is 1690. The molecule has 40 heavy (non-hydrogen) atoms. The molecule has 1 aliphatic heterocycles. The van der Waals surface area contributed by atoms with Crippen molar-refractivity contribution in [1.82, 2.24) is 38.6 Å². The predicted octanol–water partition coefficient (Wildman–Crippen LogP) is 3.76. The van der Waals surface area contributed by atoms with Gasteiger partial charge in [0.05, 0.1) is 6.54 Å². The van der Waals surface area contributed by atoms with Crippen LogP contribution in [-0.2, 0) is 6.54 Å². The Morgan fingerprint density at radius 1 is 0.975 bits per heavy atom. The van der Waals surface area contributed by atoms with Gasteiger partial charge < -0.3 is 10.2 Å². The topological polar surface area (TPSA) is 110 Å². The molecule has 11 nitrogen and oxygen atoms in total. The van der Waals surface area contributed by atoms with Crippen LogP contribution < -0.4 is 15.8 Å². The minimum Gasteiger partial charge on any atom is -0.369 e. The lowest BCUT2D eigenvalue weighted by Crippen LogP contribution is -2.43. The van der Waals surface area contributed by atoms with E-state index in [9.17, 15) is 4.79 Å². The maximum Gasteiger partial charge on any atom is 0.278 e. The third-order valence-corrected chi connectivity index (χ3v) is 7.59. The molecule has 0 unspecified atom stereocenters. The summed E-state index contributed by atoms with van der Waals surface area (Å²) in [4.78, 5) is 38.2. The zero-order valence-corrected chi connectivity index (χ0v) is 22.8. The average molecular weight is 553 g/mol. The van der Waals surface area contributed by atoms with E-state index in [1.165, 1.54) is 5.69 Å². The van der Waals surface area contributed by atoms with Gasteiger partial charge in [-0.1, -0.05) is 24.1 Å². The highest BCUT2D eigenvalue weighted by Crippen LogP contribution is 2.24. The van der Waals surface area contributed by atoms with Gasteiger partial charge >= 0.3 is 0 Å². The molecule has 202 valence electrons. The number of anilines is 3. The highest BCUT2D eigenvalue weighted by molar-refractivity contribution is 7.96. The van der Waals surface area contributed by atoms with Gasteiger partial charge in [0.15, 0.2) is 17.3 Å². The molecule has 0 saturated carbocycles. The van der Waals surface area contributed by atoms with Crippen LogP contribution in [0.5, 0.6) is 0 Å². The summed E-state index contributed by atoms with van der Waals surface area (Å²) < 4.78 is 5.61. The lowest BCUT2D eigenvalue weighted by molar-refractivity contribution is 0.431. The van der Waals surface area contributed by atoms with Gasteiger partial charge in [-0.3, -0.25) is 4.79 Å². The van der Waals surface area contributed by atoms with Crippen LogP contribution in [-0.4, -0.2) is 71.0 Å². The molecule has 0 amide bonds. The van der Waals surface area contributed by atoms with E-state index in [2.05, 4.69) is 54.4 Å². The Labute approximate surface area is 235 Å². The fourth-order valence-corrected chi connectivity index (χ4v) is 5.25. The molecule has 1 N–H and O–H groups in total. The molecule has 12 heteroatoms. The fourth-order valence-electron chi connectivity index (χ4n) is 4.72. The number of hydrogen-bond donors (Lipinski definition) is 1. The summed E-state index contributed by atoms with van der Waals surface area (Å²) >= 11 is 1.80. The van der Waals surface area contributed by atoms with Gasteiger partial charge in [-0.25, -0.2) is 33.6 Å². The summed E-state index contributed by atoms with van der Waals surface area (Å²) in [6, 6.07) is 15.5. The van der Waals surface area contributed by atoms with E-state index in [1.807, 2.05) is 30.3 Å². The van der Waals surface area contributed by atoms with Crippen LogP contribution in [0.25, 0.3) is 28.4 Å². The first kappa shape index (κ1) is 25.7. The second kappa shape index (κ2) is 11.3. The summed E-state index contributed by atoms with van der Waals surface area (Å²) in [5, 5.41) is 3.67. The Kier molecular flexibility index (Phi) is 7.25. The van der Waals surface area contributed by atoms with Crippen molar-refractivity contribution in [3.8, 4) is 17.3 Å². The molecule has 4 aromatic heterocycles. The summed E-state index contributed by atoms with van der Waals surface area (Å²) in [7, 11) is 0. The van der Waals surface area contributed by atoms with Gasteiger partial charge in [0.1, 0.15) is 11.1 Å². The minimum atomic E-state index is -0.226. The molecule has 0 radical (unpaired) electrons. The van der Waals surface area contributed by atoms with Crippen LogP contribution in [0.3, 0.4) is 0 Å². The average Bonchev–Trinajstić information content (AvgIpc) is 3.28. The second-order valence-corrected chi connectivity index (χ2v) is 10.0. The molecule has 1 aliphatic rings. The monoisotopic (exact) mass is 552 g/mol. The van der Waals surface area contributed by atoms with E-state index < -0.39 is 0 Å². The Morgan fingerprint density at radius 2 is 1.75 bits per heavy atom. The van der Waals surface area contributed by atoms with Crippen LogP contribution in [0, 0.1) is 0 Å². The Balaban J connectivity index is 1.32. The van der Waals surface area contributed by atoms with Crippen molar-refractivity contribution in [2.75, 3.05) is 42.7 Å². The Morgan fingerprint density at radius 3 is 2.48 bits per heavy atom. The molecule has 1 aromatic carbocycles. The van der Waals surface area contributed by atoms with Crippen LogP contribution in [0.1, 0.15) is 0 Å². The van der Waals surface area contributed by atoms with Gasteiger partial charge in [-0.2, -0.15) is 4.98 Å². The van der Waals surface area contributed by atoms with E-state index in [-0.39, 0.29) is 12.1 Å². The van der Waals surface area contributed by atoms with Gasteiger partial charge in [0.25, 0.3) is 5.56 Å². The standard InChI is InChI=1S/C28H28N10OS/c1-3-14-37-27(39)22-19-31-28(32-20-8-10-21(11-9-20)35-15-17-36(40-2)18-16-35)34-26(22)38(37)24-7-4-6-23(33-24)25-29-12-5-13-30-25/h3-13,19H,1,14-18H2,2H3,(H,31,32,34). The molecule has 1 fully saturated rings. The molecule has 0 spiro atoms. The van der Waals surface area contributed by atoms with E-state index in [4.69, 9.17) is 9.97 Å². The van der Waals surface area contributed by atoms with Crippen molar-refractivity contribution in [1.29, 1.82) is 0 Å². The van der Waals surface area contributed by atoms with Crippen LogP contribution >= 0.6 is 11.9 Å². The van der Waals surface area contributed by atoms with Gasteiger partial charge in [0, 0.05) is 56.1 Å². The quantitative estimate of drug-likeness (QED) is 0.226. The molecule has 5 heterocycles. The van der Waals surface area contributed by atoms with E-state index in [0.717, 1.165) is 31.9 Å². The molecule has 0 atom stereocenters. The molecule has 6 rings (SSSR count). The molecule has 5 aromatic rings. The van der Waals surface area contributed by atoms with Crippen molar-refractivity contribution in [3.05, 3.63) is 90.1 Å². The second-order valence-electron chi connectivity index (χ2n) is 9.14. The number of piperazine rings is 1. The molecule has 0 bridgehead atoms. The number of nitrogens with one attached hydrogen (secondary N) is 1. The first-order valence-corrected chi connectivity index (χ1v) is 14.1. The number of allylic oxidation sites excluding steroid dienone is 1. The fraction of sp³-hybridized carbons (Fsp3) is 0.214. The van der Waals surface area contributed by atoms with Gasteiger partial charge in [0.2, 0.25) is 5.95 Å². The highest BCUT2D eigenvalue weighted by Gasteiger charge is 2.19. The van der Waals surface area contributed by atoms with E-state index in [0.29, 0.717) is 34.3 Å². The highest BCUT2D eigenvalue weighted by atomic mass is 32.2. The molecule has 1 saturated heterocycles. The van der Waals surface area contributed by atoms with Crippen molar-refractivity contribution in [2.24, 2.45) is 0 Å². The lowest BCUT2D eigenvalue weighted by Gasteiger charge is -2.34. The summed E-state index contributed by atoms with van der Waals surface area (Å²) in [5.74, 6) is 1.38. The number of benzene rings is 1. The van der Waals surface area contributed by atoms with Crippen molar-refractivity contribution >= 4 is 40.3 Å². The van der Waals surface area contributed by atoms with Crippen molar-refractivity contribution < 1.29 is 0 Å². The first-order valence-electron chi connectivity index (χ1n) is 12.9. The number of aromatic nitrogens is 7. The van der Waals surface area contributed by atoms with Crippen molar-refractivity contribution in [3.63, 3.8) is 0 Å². The largest absolute Gasteiger partial charge is 0.369 e. The predicted molar refractivity (Wildman–Crippen MR) is 159 cm³/mol. The summed E-state index contributed by atoms with van der Waals surface area (Å²) in [6.07, 6.45) is 8.66. The number of rotatable bonds is 8. The molecular weight excluding hydrogens is 524 g/mol. The summed E-state index contributed by atoms with van der Waals surface area (Å²) in [6.45, 7) is 8.17. The van der Waals surface area contributed by atoms with Crippen LogP contribution in [0.15, 0.2) is 84.6 Å². The van der Waals surface area contributed by atoms with Gasteiger partial charge in [-0.05, 0) is 48.7 Å². The van der Waals surface area contributed by atoms with Gasteiger partial charge in [-0.15, -0.1) is 6.58 Å². The minimum absolute atomic E-state index is 0.226. The summed E-state index contributed by atoms with van der Waals surface area (Å²) in [5.41, 5.74) is 2.83. The number of pyridine rings is 1. The first-order chi connectivity index (χ1) is 19.6. The molecular formula is C28H28N10OS. The number of hydrogen-bond acceptors (Lipinski definition) is 10. The lowest BCUT2D eigenvalue weighted by atomic mass is 10.2. The zero-order valence-electron chi connectivity index (χ0n) is 22.0. The maximum absolute atomic E-state index is 13.3. The normalized spacial score (nSPS) is 14.0. The van der Waals surface area contributed by atoms with Crippen LogP contribution in [0.2, 0.25) is 0 Å². The van der Waals surface area contributed by atoms with E-state index >= 15 is 0 Å². The number of fused-ring (bicyclic) bond motifs is 1. The number of nitrogens with zero attached hydrogens (tertiary/aromatic N) is 9. The maximum atomic E-state index is 13.3. The van der Waals surface area contributed by atoms with Crippen molar-refractivity contribution in [2.45, 2.75) is 6.54 Å². The zero-order chi connectivity index (χ0) is 27.5. The SMILES string of the molecule is C=CCn1c(=O)c2cnc(Nc3ccc(N4CCN(SC)CC4)cc3)nc2n1-c1cccc(-c2ncccn2)n1. The smallest absolute Gasteiger partial charge is 0.278 e. The molecule has 0 aliphatic carbocycles. The van der Waals surface area contributed by atoms with Crippen LogP contribution in [0.4, 0.5) is 17.3 Å². The third-order valence-electron chi connectivity index (χ3n) is 6.71. The van der Waals surface area contributed by atoms with E-state index in [1.54, 1.807) is 52.0 Å².